The second-order valence-electron chi connectivity index (χ2n) is 6.33. The van der Waals surface area contributed by atoms with Gasteiger partial charge in [-0.25, -0.2) is 10.0 Å². The van der Waals surface area contributed by atoms with Gasteiger partial charge in [0.25, 0.3) is 17.4 Å². The molecule has 0 aliphatic carbocycles. The summed E-state index contributed by atoms with van der Waals surface area (Å²) >= 11 is 0. The molecule has 2 aliphatic heterocycles. The molecule has 2 N–H and O–H groups in total. The zero-order valence-electron chi connectivity index (χ0n) is 14.6. The molecule has 0 unspecified atom stereocenters. The van der Waals surface area contributed by atoms with Crippen molar-refractivity contribution in [3.63, 3.8) is 0 Å². The van der Waals surface area contributed by atoms with E-state index in [2.05, 4.69) is 0 Å². The van der Waals surface area contributed by atoms with Crippen molar-refractivity contribution in [3.05, 3.63) is 34.4 Å². The van der Waals surface area contributed by atoms with E-state index in [-0.39, 0.29) is 19.7 Å². The molecule has 2 fully saturated rings. The predicted octanol–water partition coefficient (Wildman–Crippen LogP) is 0.107. The van der Waals surface area contributed by atoms with Gasteiger partial charge in [0.15, 0.2) is 0 Å². The Hall–Kier alpha value is -1.96. The SMILES string of the molecule is CCc1cc(CO)cc(CC)c1C1(O)C(=O)N2CCOCCN2C1=O. The van der Waals surface area contributed by atoms with Gasteiger partial charge in [0.1, 0.15) is 0 Å². The van der Waals surface area contributed by atoms with Crippen molar-refractivity contribution in [2.45, 2.75) is 38.9 Å². The van der Waals surface area contributed by atoms with E-state index in [1.165, 1.54) is 10.0 Å². The van der Waals surface area contributed by atoms with Crippen LogP contribution in [0.2, 0.25) is 0 Å². The first-order valence-corrected chi connectivity index (χ1v) is 8.68. The average Bonchev–Trinajstić information content (AvgIpc) is 2.84. The lowest BCUT2D eigenvalue weighted by atomic mass is 9.82. The van der Waals surface area contributed by atoms with Gasteiger partial charge in [0.2, 0.25) is 0 Å². The number of hydrogen-bond donors (Lipinski definition) is 2. The summed E-state index contributed by atoms with van der Waals surface area (Å²) in [5.41, 5.74) is 0.299. The molecule has 25 heavy (non-hydrogen) atoms. The maximum absolute atomic E-state index is 13.0. The van der Waals surface area contributed by atoms with Crippen LogP contribution in [-0.2, 0) is 39.4 Å². The topological polar surface area (TPSA) is 90.3 Å². The maximum atomic E-state index is 13.0. The zero-order valence-corrected chi connectivity index (χ0v) is 14.6. The molecule has 0 spiro atoms. The number of fused-ring (bicyclic) bond motifs is 1. The van der Waals surface area contributed by atoms with E-state index in [9.17, 15) is 19.8 Å². The minimum atomic E-state index is -2.21. The molecule has 2 heterocycles. The van der Waals surface area contributed by atoms with Crippen molar-refractivity contribution in [1.29, 1.82) is 0 Å². The molecule has 0 radical (unpaired) electrons. The Morgan fingerprint density at radius 2 is 1.52 bits per heavy atom. The van der Waals surface area contributed by atoms with Gasteiger partial charge in [-0.1, -0.05) is 26.0 Å². The van der Waals surface area contributed by atoms with Gasteiger partial charge in [0.05, 0.1) is 32.9 Å². The van der Waals surface area contributed by atoms with Crippen LogP contribution in [0.15, 0.2) is 12.1 Å². The largest absolute Gasteiger partial charge is 0.392 e. The predicted molar refractivity (Wildman–Crippen MR) is 89.3 cm³/mol. The summed E-state index contributed by atoms with van der Waals surface area (Å²) in [6.45, 7) is 4.82. The van der Waals surface area contributed by atoms with E-state index < -0.39 is 17.4 Å². The van der Waals surface area contributed by atoms with Gasteiger partial charge in [-0.05, 0) is 29.5 Å². The Labute approximate surface area is 146 Å². The quantitative estimate of drug-likeness (QED) is 0.754. The highest BCUT2D eigenvalue weighted by atomic mass is 16.5. The number of aliphatic hydroxyl groups excluding tert-OH is 1. The standard InChI is InChI=1S/C18H24N2O5/c1-3-13-9-12(11-21)10-14(4-2)15(13)18(24)16(22)19-5-7-25-8-6-20(19)17(18)23/h9-10,21,24H,3-8,11H2,1-2H3. The fourth-order valence-corrected chi connectivity index (χ4v) is 3.70. The summed E-state index contributed by atoms with van der Waals surface area (Å²) in [7, 11) is 0. The van der Waals surface area contributed by atoms with Crippen LogP contribution in [0.5, 0.6) is 0 Å². The van der Waals surface area contributed by atoms with Crippen LogP contribution >= 0.6 is 0 Å². The molecule has 136 valence electrons. The fourth-order valence-electron chi connectivity index (χ4n) is 3.70. The van der Waals surface area contributed by atoms with Gasteiger partial charge < -0.3 is 14.9 Å². The maximum Gasteiger partial charge on any atom is 0.287 e. The van der Waals surface area contributed by atoms with Crippen LogP contribution < -0.4 is 0 Å². The highest BCUT2D eigenvalue weighted by Crippen LogP contribution is 2.38. The normalized spacial score (nSPS) is 20.0. The number of hydrogen-bond acceptors (Lipinski definition) is 5. The van der Waals surface area contributed by atoms with Crippen molar-refractivity contribution in [2.24, 2.45) is 0 Å². The summed E-state index contributed by atoms with van der Waals surface area (Å²) in [6, 6.07) is 3.52. The minimum Gasteiger partial charge on any atom is -0.392 e. The van der Waals surface area contributed by atoms with E-state index in [4.69, 9.17) is 4.74 Å². The second-order valence-corrected chi connectivity index (χ2v) is 6.33. The van der Waals surface area contributed by atoms with Gasteiger partial charge in [-0.15, -0.1) is 0 Å². The number of hydrazine groups is 1. The number of amides is 2. The molecule has 2 aliphatic rings. The summed E-state index contributed by atoms with van der Waals surface area (Å²) in [5, 5.41) is 23.4. The Morgan fingerprint density at radius 1 is 1.04 bits per heavy atom. The highest BCUT2D eigenvalue weighted by molar-refractivity contribution is 6.13. The molecule has 0 aromatic heterocycles. The van der Waals surface area contributed by atoms with Crippen molar-refractivity contribution in [3.8, 4) is 0 Å². The molecular formula is C18H24N2O5. The lowest BCUT2D eigenvalue weighted by Gasteiger charge is -2.25. The van der Waals surface area contributed by atoms with Gasteiger partial charge in [0, 0.05) is 5.56 Å². The summed E-state index contributed by atoms with van der Waals surface area (Å²) in [5.74, 6) is -1.24. The first-order valence-electron chi connectivity index (χ1n) is 8.68. The molecule has 2 saturated heterocycles. The van der Waals surface area contributed by atoms with Crippen molar-refractivity contribution in [1.82, 2.24) is 10.0 Å². The molecule has 3 rings (SSSR count). The van der Waals surface area contributed by atoms with Crippen LogP contribution in [0, 0.1) is 0 Å². The zero-order chi connectivity index (χ0) is 18.2. The van der Waals surface area contributed by atoms with E-state index in [0.29, 0.717) is 48.3 Å². The van der Waals surface area contributed by atoms with Crippen LogP contribution in [0.4, 0.5) is 0 Å². The van der Waals surface area contributed by atoms with Crippen LogP contribution in [-0.4, -0.2) is 58.3 Å². The van der Waals surface area contributed by atoms with Crippen molar-refractivity contribution in [2.75, 3.05) is 26.3 Å². The molecule has 1 aromatic rings. The van der Waals surface area contributed by atoms with Crippen molar-refractivity contribution >= 4 is 11.8 Å². The van der Waals surface area contributed by atoms with Crippen LogP contribution in [0.1, 0.15) is 36.1 Å². The first kappa shape index (κ1) is 17.8. The molecule has 7 heteroatoms. The van der Waals surface area contributed by atoms with Gasteiger partial charge in [-0.3, -0.25) is 9.59 Å². The molecule has 7 nitrogen and oxygen atoms in total. The Balaban J connectivity index is 2.17. The number of nitrogens with zero attached hydrogens (tertiary/aromatic N) is 2. The highest BCUT2D eigenvalue weighted by Gasteiger charge is 2.60. The number of carbonyl (C=O) groups excluding carboxylic acids is 2. The lowest BCUT2D eigenvalue weighted by molar-refractivity contribution is -0.150. The summed E-state index contributed by atoms with van der Waals surface area (Å²) in [4.78, 5) is 26.0. The Morgan fingerprint density at radius 3 is 1.92 bits per heavy atom. The Bertz CT molecular complexity index is 654. The third-order valence-electron chi connectivity index (χ3n) is 4.94. The van der Waals surface area contributed by atoms with Gasteiger partial charge in [-0.2, -0.15) is 0 Å². The summed E-state index contributed by atoms with van der Waals surface area (Å²) < 4.78 is 5.32. The number of benzene rings is 1. The molecule has 0 bridgehead atoms. The number of rotatable bonds is 4. The van der Waals surface area contributed by atoms with Crippen LogP contribution in [0.3, 0.4) is 0 Å². The second kappa shape index (κ2) is 6.74. The molecule has 2 amide bonds. The van der Waals surface area contributed by atoms with E-state index in [1.807, 2.05) is 13.8 Å². The van der Waals surface area contributed by atoms with Gasteiger partial charge >= 0.3 is 0 Å². The van der Waals surface area contributed by atoms with Crippen LogP contribution in [0.25, 0.3) is 0 Å². The third-order valence-corrected chi connectivity index (χ3v) is 4.94. The third kappa shape index (κ3) is 2.63. The molecular weight excluding hydrogens is 324 g/mol. The molecule has 1 aromatic carbocycles. The van der Waals surface area contributed by atoms with E-state index in [0.717, 1.165) is 0 Å². The van der Waals surface area contributed by atoms with Crippen molar-refractivity contribution < 1.29 is 24.5 Å². The summed E-state index contributed by atoms with van der Waals surface area (Å²) in [6.07, 6.45) is 1.09. The number of ether oxygens (including phenoxy) is 1. The number of aryl methyl sites for hydroxylation is 2. The fraction of sp³-hybridized carbons (Fsp3) is 0.556. The smallest absolute Gasteiger partial charge is 0.287 e. The minimum absolute atomic E-state index is 0.129. The Kier molecular flexibility index (Phi) is 4.81. The average molecular weight is 348 g/mol. The molecule has 0 saturated carbocycles. The monoisotopic (exact) mass is 348 g/mol. The van der Waals surface area contributed by atoms with E-state index in [1.54, 1.807) is 12.1 Å². The van der Waals surface area contributed by atoms with E-state index >= 15 is 0 Å². The number of carbonyl (C=O) groups is 2. The first-order chi connectivity index (χ1) is 12.0. The molecule has 0 atom stereocenters. The lowest BCUT2D eigenvalue weighted by Crippen LogP contribution is -2.43. The number of aliphatic hydroxyl groups is 2.